The van der Waals surface area contributed by atoms with Crippen molar-refractivity contribution < 1.29 is 14.1 Å². The highest BCUT2D eigenvalue weighted by Crippen LogP contribution is 2.36. The molecule has 0 saturated carbocycles. The SMILES string of the molecule is C=C[C@@H](CO[Si](C)(C)C(C)(C)C)NOC(=O)c1ccccc1. The standard InChI is InChI=1S/C17H27NO3Si/c1-7-15(13-20-22(5,6)17(2,3)4)18-21-16(19)14-11-9-8-10-12-14/h7-12,15,18H,1,13H2,2-6H3/t15-/m0/s1. The molecule has 0 amide bonds. The summed E-state index contributed by atoms with van der Waals surface area (Å²) in [7, 11) is -1.83. The second-order valence-corrected chi connectivity index (χ2v) is 11.6. The van der Waals surface area contributed by atoms with Gasteiger partial charge in [0, 0.05) is 0 Å². The third-order valence-electron chi connectivity index (χ3n) is 4.03. The van der Waals surface area contributed by atoms with Crippen LogP contribution in [0.15, 0.2) is 43.0 Å². The van der Waals surface area contributed by atoms with E-state index in [2.05, 4.69) is 45.9 Å². The Morgan fingerprint density at radius 1 is 1.32 bits per heavy atom. The van der Waals surface area contributed by atoms with Gasteiger partial charge in [0.05, 0.1) is 18.2 Å². The molecule has 0 aliphatic heterocycles. The first-order valence-electron chi connectivity index (χ1n) is 7.45. The lowest BCUT2D eigenvalue weighted by Gasteiger charge is -2.36. The molecule has 1 rings (SSSR count). The van der Waals surface area contributed by atoms with Gasteiger partial charge in [-0.05, 0) is 30.3 Å². The minimum atomic E-state index is -1.83. The van der Waals surface area contributed by atoms with Crippen molar-refractivity contribution >= 4 is 14.3 Å². The van der Waals surface area contributed by atoms with Gasteiger partial charge in [0.25, 0.3) is 0 Å². The molecule has 0 aromatic heterocycles. The monoisotopic (exact) mass is 321 g/mol. The van der Waals surface area contributed by atoms with Crippen LogP contribution >= 0.6 is 0 Å². The molecular weight excluding hydrogens is 294 g/mol. The molecule has 0 aliphatic carbocycles. The van der Waals surface area contributed by atoms with E-state index < -0.39 is 14.3 Å². The molecule has 1 atom stereocenters. The summed E-state index contributed by atoms with van der Waals surface area (Å²) in [5.41, 5.74) is 3.22. The number of nitrogens with one attached hydrogen (secondary N) is 1. The molecule has 4 nitrogen and oxygen atoms in total. The van der Waals surface area contributed by atoms with Gasteiger partial charge in [-0.3, -0.25) is 0 Å². The zero-order valence-corrected chi connectivity index (χ0v) is 15.2. The molecule has 1 N–H and O–H groups in total. The highest BCUT2D eigenvalue weighted by molar-refractivity contribution is 6.74. The maximum Gasteiger partial charge on any atom is 0.356 e. The molecule has 22 heavy (non-hydrogen) atoms. The zero-order chi connectivity index (χ0) is 16.8. The van der Waals surface area contributed by atoms with Crippen LogP contribution in [0.2, 0.25) is 18.1 Å². The normalized spacial score (nSPS) is 13.5. The molecule has 0 bridgehead atoms. The lowest BCUT2D eigenvalue weighted by Crippen LogP contribution is -2.45. The van der Waals surface area contributed by atoms with Gasteiger partial charge in [-0.2, -0.15) is 0 Å². The lowest BCUT2D eigenvalue weighted by molar-refractivity contribution is 0.0151. The Hall–Kier alpha value is -1.43. The predicted octanol–water partition coefficient (Wildman–Crippen LogP) is 3.92. The van der Waals surface area contributed by atoms with E-state index in [-0.39, 0.29) is 11.1 Å². The molecule has 0 saturated heterocycles. The van der Waals surface area contributed by atoms with Crippen molar-refractivity contribution in [1.29, 1.82) is 0 Å². The number of carbonyl (C=O) groups is 1. The molecule has 1 aromatic carbocycles. The van der Waals surface area contributed by atoms with Crippen molar-refractivity contribution in [2.75, 3.05) is 6.61 Å². The molecule has 1 aromatic rings. The Labute approximate surface area is 134 Å². The minimum absolute atomic E-state index is 0.138. The fourth-order valence-corrected chi connectivity index (χ4v) is 2.46. The van der Waals surface area contributed by atoms with Crippen LogP contribution < -0.4 is 5.48 Å². The summed E-state index contributed by atoms with van der Waals surface area (Å²) >= 11 is 0. The van der Waals surface area contributed by atoms with Gasteiger partial charge >= 0.3 is 5.97 Å². The summed E-state index contributed by atoms with van der Waals surface area (Å²) in [5.74, 6) is -0.417. The van der Waals surface area contributed by atoms with Crippen molar-refractivity contribution in [3.05, 3.63) is 48.6 Å². The predicted molar refractivity (Wildman–Crippen MR) is 92.1 cm³/mol. The number of rotatable bonds is 7. The van der Waals surface area contributed by atoms with Crippen LogP contribution in [0, 0.1) is 0 Å². The first kappa shape index (κ1) is 18.6. The lowest BCUT2D eigenvalue weighted by atomic mass is 10.2. The average molecular weight is 321 g/mol. The number of hydroxylamine groups is 1. The minimum Gasteiger partial charge on any atom is -0.415 e. The Balaban J connectivity index is 2.50. The van der Waals surface area contributed by atoms with Crippen molar-refractivity contribution in [1.82, 2.24) is 5.48 Å². The van der Waals surface area contributed by atoms with Crippen LogP contribution in [0.1, 0.15) is 31.1 Å². The highest BCUT2D eigenvalue weighted by atomic mass is 28.4. The van der Waals surface area contributed by atoms with Crippen LogP contribution in [0.4, 0.5) is 0 Å². The Bertz CT molecular complexity index is 494. The van der Waals surface area contributed by atoms with Gasteiger partial charge in [-0.15, -0.1) is 12.1 Å². The van der Waals surface area contributed by atoms with Gasteiger partial charge < -0.3 is 9.26 Å². The van der Waals surface area contributed by atoms with Gasteiger partial charge in [0.1, 0.15) is 0 Å². The van der Waals surface area contributed by atoms with Crippen molar-refractivity contribution in [3.63, 3.8) is 0 Å². The van der Waals surface area contributed by atoms with Crippen LogP contribution in [0.3, 0.4) is 0 Å². The Morgan fingerprint density at radius 2 is 1.91 bits per heavy atom. The van der Waals surface area contributed by atoms with E-state index in [0.717, 1.165) is 0 Å². The number of hydrogen-bond acceptors (Lipinski definition) is 4. The van der Waals surface area contributed by atoms with Crippen molar-refractivity contribution in [2.24, 2.45) is 0 Å². The summed E-state index contributed by atoms with van der Waals surface area (Å²) in [6.07, 6.45) is 1.69. The topological polar surface area (TPSA) is 47.6 Å². The summed E-state index contributed by atoms with van der Waals surface area (Å²) in [4.78, 5) is 17.0. The molecule has 0 unspecified atom stereocenters. The van der Waals surface area contributed by atoms with E-state index in [1.807, 2.05) is 6.07 Å². The van der Waals surface area contributed by atoms with Gasteiger partial charge in [-0.1, -0.05) is 45.0 Å². The summed E-state index contributed by atoms with van der Waals surface area (Å²) in [6, 6.07) is 8.62. The van der Waals surface area contributed by atoms with Crippen LogP contribution in [0.5, 0.6) is 0 Å². The molecule has 0 fully saturated rings. The summed E-state index contributed by atoms with van der Waals surface area (Å²) in [5, 5.41) is 0.138. The third kappa shape index (κ3) is 5.40. The largest absolute Gasteiger partial charge is 0.415 e. The first-order valence-corrected chi connectivity index (χ1v) is 10.4. The van der Waals surface area contributed by atoms with E-state index in [9.17, 15) is 4.79 Å². The van der Waals surface area contributed by atoms with E-state index in [1.165, 1.54) is 0 Å². The van der Waals surface area contributed by atoms with Crippen LogP contribution in [-0.4, -0.2) is 26.9 Å². The molecular formula is C17H27NO3Si. The smallest absolute Gasteiger partial charge is 0.356 e. The number of benzene rings is 1. The first-order chi connectivity index (χ1) is 10.2. The van der Waals surface area contributed by atoms with E-state index in [1.54, 1.807) is 30.3 Å². The molecule has 0 aliphatic rings. The van der Waals surface area contributed by atoms with E-state index in [0.29, 0.717) is 12.2 Å². The molecule has 5 heteroatoms. The summed E-state index contributed by atoms with van der Waals surface area (Å²) in [6.45, 7) is 15.1. The maximum atomic E-state index is 11.9. The van der Waals surface area contributed by atoms with E-state index >= 15 is 0 Å². The molecule has 0 heterocycles. The maximum absolute atomic E-state index is 11.9. The Kier molecular flexibility index (Phi) is 6.53. The van der Waals surface area contributed by atoms with Gasteiger partial charge in [-0.25, -0.2) is 4.79 Å². The van der Waals surface area contributed by atoms with Crippen LogP contribution in [-0.2, 0) is 9.26 Å². The average Bonchev–Trinajstić information content (AvgIpc) is 2.46. The van der Waals surface area contributed by atoms with Crippen molar-refractivity contribution in [3.8, 4) is 0 Å². The zero-order valence-electron chi connectivity index (χ0n) is 14.2. The number of carbonyl (C=O) groups excluding carboxylic acids is 1. The number of hydrogen-bond donors (Lipinski definition) is 1. The second-order valence-electron chi connectivity index (χ2n) is 6.79. The molecule has 122 valence electrons. The van der Waals surface area contributed by atoms with Gasteiger partial charge in [0.15, 0.2) is 8.32 Å². The highest BCUT2D eigenvalue weighted by Gasteiger charge is 2.37. The fraction of sp³-hybridized carbons (Fsp3) is 0.471. The van der Waals surface area contributed by atoms with Crippen LogP contribution in [0.25, 0.3) is 0 Å². The van der Waals surface area contributed by atoms with Gasteiger partial charge in [0.2, 0.25) is 0 Å². The Morgan fingerprint density at radius 3 is 2.41 bits per heavy atom. The second kappa shape index (κ2) is 7.72. The third-order valence-corrected chi connectivity index (χ3v) is 8.53. The summed E-state index contributed by atoms with van der Waals surface area (Å²) < 4.78 is 6.10. The van der Waals surface area contributed by atoms with E-state index in [4.69, 9.17) is 9.26 Å². The quantitative estimate of drug-likeness (QED) is 0.470. The molecule has 0 spiro atoms. The van der Waals surface area contributed by atoms with Crippen molar-refractivity contribution in [2.45, 2.75) is 44.9 Å². The fourth-order valence-electron chi connectivity index (χ4n) is 1.43. The molecule has 0 radical (unpaired) electrons.